The number of hydrogen-bond donors (Lipinski definition) is 2. The van der Waals surface area contributed by atoms with E-state index >= 15 is 0 Å². The zero-order valence-corrected chi connectivity index (χ0v) is 17.1. The second-order valence-electron chi connectivity index (χ2n) is 8.10. The van der Waals surface area contributed by atoms with Gasteiger partial charge in [-0.3, -0.25) is 9.59 Å². The second-order valence-corrected chi connectivity index (χ2v) is 8.10. The summed E-state index contributed by atoms with van der Waals surface area (Å²) in [4.78, 5) is 29.8. The minimum Gasteiger partial charge on any atom is -0.497 e. The van der Waals surface area contributed by atoms with Gasteiger partial charge in [0.15, 0.2) is 6.04 Å². The van der Waals surface area contributed by atoms with E-state index in [2.05, 4.69) is 31.2 Å². The molecule has 2 saturated heterocycles. The summed E-state index contributed by atoms with van der Waals surface area (Å²) in [6.45, 7) is 6.99. The van der Waals surface area contributed by atoms with Crippen LogP contribution in [0.15, 0.2) is 48.5 Å². The summed E-state index contributed by atoms with van der Waals surface area (Å²) in [5.41, 5.74) is 3.25. The van der Waals surface area contributed by atoms with Crippen LogP contribution in [0.3, 0.4) is 0 Å². The summed E-state index contributed by atoms with van der Waals surface area (Å²) in [5, 5.41) is 0. The van der Waals surface area contributed by atoms with Gasteiger partial charge in [0.05, 0.1) is 19.2 Å². The maximum absolute atomic E-state index is 13.1. The lowest BCUT2D eigenvalue weighted by atomic mass is 10.1. The average Bonchev–Trinajstić information content (AvgIpc) is 3.02. The number of piperazine rings is 1. The van der Waals surface area contributed by atoms with E-state index in [1.807, 2.05) is 12.1 Å². The topological polar surface area (TPSA) is 55.5 Å². The van der Waals surface area contributed by atoms with Crippen molar-refractivity contribution in [2.75, 3.05) is 38.2 Å². The molecule has 0 spiro atoms. The molecule has 29 heavy (non-hydrogen) atoms. The number of aryl methyl sites for hydroxylation is 1. The highest BCUT2D eigenvalue weighted by atomic mass is 16.5. The molecule has 1 atom stereocenters. The molecule has 152 valence electrons. The van der Waals surface area contributed by atoms with Crippen molar-refractivity contribution in [3.8, 4) is 5.75 Å². The van der Waals surface area contributed by atoms with E-state index in [4.69, 9.17) is 4.74 Å². The van der Waals surface area contributed by atoms with Gasteiger partial charge in [0.1, 0.15) is 38.5 Å². The Kier molecular flexibility index (Phi) is 5.65. The normalized spacial score (nSPS) is 24.8. The maximum atomic E-state index is 13.1. The molecule has 6 nitrogen and oxygen atoms in total. The van der Waals surface area contributed by atoms with E-state index in [-0.39, 0.29) is 17.9 Å². The standard InChI is InChI=1S/C23H27N3O3/c1-17-5-3-6-18(13-17)16-24-9-11-25(12-10-24)21-15-22(27)26(23(21)28)19-7-4-8-20(14-19)29-2/h3-8,13-14,21H,9-12,15-16H2,1-2H3/p+2/t21-/m0/s1. The quantitative estimate of drug-likeness (QED) is 0.679. The summed E-state index contributed by atoms with van der Waals surface area (Å²) in [7, 11) is 1.58. The average molecular weight is 396 g/mol. The molecule has 2 aliphatic heterocycles. The van der Waals surface area contributed by atoms with E-state index in [1.165, 1.54) is 20.9 Å². The Labute approximate surface area is 171 Å². The molecule has 2 amide bonds. The highest BCUT2D eigenvalue weighted by Crippen LogP contribution is 2.25. The summed E-state index contributed by atoms with van der Waals surface area (Å²) < 4.78 is 5.24. The van der Waals surface area contributed by atoms with E-state index < -0.39 is 0 Å². The van der Waals surface area contributed by atoms with Crippen molar-refractivity contribution in [1.29, 1.82) is 0 Å². The third kappa shape index (κ3) is 4.18. The number of nitrogens with zero attached hydrogens (tertiary/aromatic N) is 1. The van der Waals surface area contributed by atoms with Gasteiger partial charge in [-0.05, 0) is 19.1 Å². The van der Waals surface area contributed by atoms with E-state index in [9.17, 15) is 9.59 Å². The SMILES string of the molecule is COc1cccc(N2C(=O)C[C@H]([NH+]3CC[NH+](Cc4cccc(C)c4)CC3)C2=O)c1. The molecular weight excluding hydrogens is 366 g/mol. The number of amides is 2. The number of ether oxygens (including phenoxy) is 1. The second kappa shape index (κ2) is 8.35. The van der Waals surface area contributed by atoms with Gasteiger partial charge >= 0.3 is 0 Å². The molecular formula is C23H29N3O3+2. The molecule has 0 unspecified atom stereocenters. The van der Waals surface area contributed by atoms with Crippen LogP contribution in [0.25, 0.3) is 0 Å². The number of carbonyl (C=O) groups is 2. The van der Waals surface area contributed by atoms with Gasteiger partial charge < -0.3 is 14.5 Å². The van der Waals surface area contributed by atoms with Gasteiger partial charge in [-0.2, -0.15) is 0 Å². The predicted octanol–water partition coefficient (Wildman–Crippen LogP) is -0.381. The number of rotatable bonds is 5. The first-order valence-corrected chi connectivity index (χ1v) is 10.3. The summed E-state index contributed by atoms with van der Waals surface area (Å²) in [6.07, 6.45) is 0.290. The number of anilines is 1. The van der Waals surface area contributed by atoms with Crippen LogP contribution in [-0.2, 0) is 16.1 Å². The molecule has 2 fully saturated rings. The number of imide groups is 1. The van der Waals surface area contributed by atoms with Crippen LogP contribution < -0.4 is 19.4 Å². The fourth-order valence-electron chi connectivity index (χ4n) is 4.53. The molecule has 0 aliphatic carbocycles. The van der Waals surface area contributed by atoms with Crippen molar-refractivity contribution in [2.24, 2.45) is 0 Å². The Balaban J connectivity index is 1.38. The summed E-state index contributed by atoms with van der Waals surface area (Å²) in [5.74, 6) is 0.447. The zero-order chi connectivity index (χ0) is 20.4. The summed E-state index contributed by atoms with van der Waals surface area (Å²) >= 11 is 0. The molecule has 2 N–H and O–H groups in total. The van der Waals surface area contributed by atoms with Crippen molar-refractivity contribution < 1.29 is 24.1 Å². The number of carbonyl (C=O) groups excluding carboxylic acids is 2. The fraction of sp³-hybridized carbons (Fsp3) is 0.391. The van der Waals surface area contributed by atoms with Crippen LogP contribution in [0.2, 0.25) is 0 Å². The molecule has 2 aliphatic rings. The highest BCUT2D eigenvalue weighted by molar-refractivity contribution is 6.21. The van der Waals surface area contributed by atoms with Crippen molar-refractivity contribution in [3.05, 3.63) is 59.7 Å². The molecule has 0 aromatic heterocycles. The van der Waals surface area contributed by atoms with Crippen LogP contribution in [0.5, 0.6) is 5.75 Å². The Hall–Kier alpha value is -2.70. The van der Waals surface area contributed by atoms with Gasteiger partial charge in [-0.1, -0.05) is 35.9 Å². The molecule has 0 saturated carbocycles. The van der Waals surface area contributed by atoms with Gasteiger partial charge in [-0.15, -0.1) is 0 Å². The lowest BCUT2D eigenvalue weighted by molar-refractivity contribution is -1.02. The van der Waals surface area contributed by atoms with E-state index in [0.29, 0.717) is 17.9 Å². The minimum atomic E-state index is -0.269. The monoisotopic (exact) mass is 395 g/mol. The van der Waals surface area contributed by atoms with Crippen LogP contribution in [0, 0.1) is 6.92 Å². The molecule has 2 heterocycles. The van der Waals surface area contributed by atoms with Crippen molar-refractivity contribution >= 4 is 17.5 Å². The van der Waals surface area contributed by atoms with Gasteiger partial charge in [0.2, 0.25) is 5.91 Å². The van der Waals surface area contributed by atoms with Crippen LogP contribution >= 0.6 is 0 Å². The van der Waals surface area contributed by atoms with Crippen molar-refractivity contribution in [2.45, 2.75) is 25.9 Å². The molecule has 0 bridgehead atoms. The molecule has 2 aromatic carbocycles. The van der Waals surface area contributed by atoms with Crippen LogP contribution in [0.4, 0.5) is 5.69 Å². The number of hydrogen-bond acceptors (Lipinski definition) is 3. The first-order chi connectivity index (χ1) is 14.0. The van der Waals surface area contributed by atoms with E-state index in [0.717, 1.165) is 32.7 Å². The number of quaternary nitrogens is 2. The minimum absolute atomic E-state index is 0.0830. The number of nitrogens with one attached hydrogen (secondary N) is 2. The Bertz CT molecular complexity index is 906. The molecule has 0 radical (unpaired) electrons. The third-order valence-electron chi connectivity index (χ3n) is 6.09. The lowest BCUT2D eigenvalue weighted by Crippen LogP contribution is -3.29. The lowest BCUT2D eigenvalue weighted by Gasteiger charge is -2.32. The Morgan fingerprint density at radius 2 is 1.79 bits per heavy atom. The number of methoxy groups -OCH3 is 1. The smallest absolute Gasteiger partial charge is 0.292 e. The largest absolute Gasteiger partial charge is 0.497 e. The fourth-order valence-corrected chi connectivity index (χ4v) is 4.53. The molecule has 4 rings (SSSR count). The summed E-state index contributed by atoms with van der Waals surface area (Å²) in [6, 6.07) is 15.6. The van der Waals surface area contributed by atoms with Crippen molar-refractivity contribution in [1.82, 2.24) is 0 Å². The highest BCUT2D eigenvalue weighted by Gasteiger charge is 2.47. The Morgan fingerprint density at radius 1 is 1.03 bits per heavy atom. The first-order valence-electron chi connectivity index (χ1n) is 10.3. The predicted molar refractivity (Wildman–Crippen MR) is 110 cm³/mol. The Morgan fingerprint density at radius 3 is 2.52 bits per heavy atom. The molecule has 2 aromatic rings. The van der Waals surface area contributed by atoms with Gasteiger partial charge in [-0.25, -0.2) is 4.90 Å². The van der Waals surface area contributed by atoms with Gasteiger partial charge in [0, 0.05) is 11.6 Å². The van der Waals surface area contributed by atoms with Crippen LogP contribution in [0.1, 0.15) is 17.5 Å². The van der Waals surface area contributed by atoms with E-state index in [1.54, 1.807) is 24.1 Å². The first kappa shape index (κ1) is 19.6. The van der Waals surface area contributed by atoms with Gasteiger partial charge in [0.25, 0.3) is 5.91 Å². The third-order valence-corrected chi connectivity index (χ3v) is 6.09. The van der Waals surface area contributed by atoms with Crippen molar-refractivity contribution in [3.63, 3.8) is 0 Å². The number of benzene rings is 2. The maximum Gasteiger partial charge on any atom is 0.292 e. The molecule has 6 heteroatoms. The van der Waals surface area contributed by atoms with Crippen LogP contribution in [-0.4, -0.2) is 51.1 Å². The zero-order valence-electron chi connectivity index (χ0n) is 17.1.